The van der Waals surface area contributed by atoms with Crippen LogP contribution in [-0.4, -0.2) is 33.7 Å². The van der Waals surface area contributed by atoms with Crippen molar-refractivity contribution < 1.29 is 0 Å². The van der Waals surface area contributed by atoms with Gasteiger partial charge in [-0.25, -0.2) is 0 Å². The average Bonchev–Trinajstić information content (AvgIpc) is 3.86. The van der Waals surface area contributed by atoms with E-state index in [0.29, 0.717) is 6.54 Å². The molecule has 0 aromatic heterocycles. The maximum absolute atomic E-state index is 5.16. The molecule has 0 aliphatic heterocycles. The lowest BCUT2D eigenvalue weighted by Crippen LogP contribution is -2.21. The van der Waals surface area contributed by atoms with E-state index in [1.807, 2.05) is 125 Å². The summed E-state index contributed by atoms with van der Waals surface area (Å²) >= 11 is 0. The van der Waals surface area contributed by atoms with Crippen LogP contribution < -0.4 is 27.6 Å². The molecule has 0 bridgehead atoms. The maximum Gasteiger partial charge on any atom is 0.0334 e. The highest BCUT2D eigenvalue weighted by molar-refractivity contribution is 5.38. The van der Waals surface area contributed by atoms with E-state index in [0.717, 1.165) is 43.1 Å². The topological polar surface area (TPSA) is 88.1 Å². The molecule has 0 amide bonds. The van der Waals surface area contributed by atoms with Gasteiger partial charge in [-0.15, -0.1) is 0 Å². The van der Waals surface area contributed by atoms with Gasteiger partial charge in [0.2, 0.25) is 0 Å². The van der Waals surface area contributed by atoms with E-state index in [1.54, 1.807) is 18.2 Å². The van der Waals surface area contributed by atoms with Crippen LogP contribution in [0.25, 0.3) is 0 Å². The quantitative estimate of drug-likeness (QED) is 0.0632. The summed E-state index contributed by atoms with van der Waals surface area (Å²) in [6.07, 6.45) is 50.4. The van der Waals surface area contributed by atoms with Gasteiger partial charge in [0.05, 0.1) is 0 Å². The Hall–Kier alpha value is -5.30. The lowest BCUT2D eigenvalue weighted by atomic mass is 9.95. The lowest BCUT2D eigenvalue weighted by Gasteiger charge is -2.11. The number of hydrazine groups is 1. The van der Waals surface area contributed by atoms with Gasteiger partial charge in [0, 0.05) is 32.4 Å². The molecular formula is C52H79N5. The largest absolute Gasteiger partial charge is 0.388 e. The predicted molar refractivity (Wildman–Crippen MR) is 263 cm³/mol. The first-order valence-electron chi connectivity index (χ1n) is 19.6. The Morgan fingerprint density at radius 2 is 1.40 bits per heavy atom. The molecule has 5 heteroatoms. The van der Waals surface area contributed by atoms with Crippen molar-refractivity contribution in [2.24, 2.45) is 17.5 Å². The van der Waals surface area contributed by atoms with Crippen LogP contribution in [0, 0.1) is 5.92 Å². The van der Waals surface area contributed by atoms with Crippen molar-refractivity contribution in [3.8, 4) is 0 Å². The van der Waals surface area contributed by atoms with Crippen LogP contribution in [0.2, 0.25) is 0 Å². The number of likely N-dealkylation sites (N-methyl/N-ethyl adjacent to an activating group) is 2. The molecule has 312 valence electrons. The second-order valence-corrected chi connectivity index (χ2v) is 11.9. The van der Waals surface area contributed by atoms with Crippen molar-refractivity contribution >= 4 is 0 Å². The molecule has 0 spiro atoms. The fraction of sp³-hybridized carbons (Fsp3) is 0.269. The van der Waals surface area contributed by atoms with Crippen LogP contribution in [-0.2, 0) is 0 Å². The van der Waals surface area contributed by atoms with Crippen LogP contribution in [0.1, 0.15) is 53.4 Å². The third-order valence-electron chi connectivity index (χ3n) is 7.08. The first-order valence-corrected chi connectivity index (χ1v) is 19.6. The van der Waals surface area contributed by atoms with Gasteiger partial charge in [-0.3, -0.25) is 11.3 Å². The first-order chi connectivity index (χ1) is 27.7. The number of hydrogen-bond acceptors (Lipinski definition) is 5. The molecule has 1 aromatic rings. The normalized spacial score (nSPS) is 14.1. The number of benzene rings is 1. The molecule has 1 unspecified atom stereocenters. The van der Waals surface area contributed by atoms with E-state index in [4.69, 9.17) is 11.6 Å². The highest BCUT2D eigenvalue weighted by Gasteiger charge is 2.02. The van der Waals surface area contributed by atoms with Gasteiger partial charge in [0.1, 0.15) is 0 Å². The van der Waals surface area contributed by atoms with Crippen LogP contribution in [0.3, 0.4) is 0 Å². The smallest absolute Gasteiger partial charge is 0.0334 e. The number of nitrogens with one attached hydrogen (secondary N) is 3. The molecular weight excluding hydrogens is 695 g/mol. The Bertz CT molecular complexity index is 1400. The van der Waals surface area contributed by atoms with Gasteiger partial charge in [-0.2, -0.15) is 0 Å². The molecule has 1 atom stereocenters. The lowest BCUT2D eigenvalue weighted by molar-refractivity contribution is 0.687. The molecule has 7 N–H and O–H groups in total. The minimum atomic E-state index is 0.599. The monoisotopic (exact) mass is 774 g/mol. The Balaban J connectivity index is -0.000000285. The molecule has 0 fully saturated rings. The number of hydrogen-bond donors (Lipinski definition) is 5. The van der Waals surface area contributed by atoms with Crippen molar-refractivity contribution in [3.05, 3.63) is 231 Å². The summed E-state index contributed by atoms with van der Waals surface area (Å²) < 4.78 is 0. The molecule has 0 heterocycles. The third-order valence-corrected chi connectivity index (χ3v) is 7.08. The summed E-state index contributed by atoms with van der Waals surface area (Å²) in [4.78, 5) is 0. The molecule has 4 rings (SSSR count). The predicted octanol–water partition coefficient (Wildman–Crippen LogP) is 12.2. The van der Waals surface area contributed by atoms with E-state index in [9.17, 15) is 0 Å². The minimum Gasteiger partial charge on any atom is -0.388 e. The summed E-state index contributed by atoms with van der Waals surface area (Å²) in [5, 5.41) is 6.01. The van der Waals surface area contributed by atoms with Crippen LogP contribution in [0.5, 0.6) is 0 Å². The summed E-state index contributed by atoms with van der Waals surface area (Å²) in [5.74, 6) is 5.69. The summed E-state index contributed by atoms with van der Waals surface area (Å²) in [5.41, 5.74) is 12.3. The van der Waals surface area contributed by atoms with Crippen molar-refractivity contribution in [2.45, 2.75) is 53.4 Å². The Labute approximate surface area is 351 Å². The fourth-order valence-electron chi connectivity index (χ4n) is 3.63. The number of rotatable bonds is 12. The van der Waals surface area contributed by atoms with Gasteiger partial charge >= 0.3 is 0 Å². The summed E-state index contributed by atoms with van der Waals surface area (Å²) in [6.45, 7) is 28.7. The van der Waals surface area contributed by atoms with Gasteiger partial charge in [0.15, 0.2) is 0 Å². The standard InChI is InChI=1S/C9H13N.C8H13N.C8H12.C7H11N.C6H6.C5H6.C5H8.C4H10N2/c1-8(10-2)9-6-4-3-5-7-9;1-4-8(2)6-5-7-9-3;1-7-5-3-4-6-8(7)2;1-2-3-4-5-6-7-8;1-2-4-6-5-3-1;1-2-4-5-3-1;1-3-5-4-2;1-2-3-4-6-5/h4,6-7,10H,1,3,5H2,2H3;4-6,9H,1-2,7H2,3H3;3-5,8H,6H2,1-2H3;2-6H,1,7-8H2;1-6H;1-4H,5H2;3-5H,1H2,2H3;2-3,6H,4-5H2,1H3/b;6-5-;;4-3-,6-5-;;;5-4-;3-2+. The number of nitrogens with two attached hydrogens (primary N) is 2. The zero-order valence-corrected chi connectivity index (χ0v) is 36.5. The van der Waals surface area contributed by atoms with Crippen LogP contribution >= 0.6 is 0 Å². The SMILES string of the molecule is C/C=C/CNN.C1=CCC=C1.C=C(NC)C1=CCCC=C1.C=C/C=C\C.C=C/C=C\C=C/CN.C=CC(=C)/C=C\CNC.CC1=CC=CCC1C.c1ccccc1. The molecule has 57 heavy (non-hydrogen) atoms. The molecule has 3 aliphatic carbocycles. The van der Waals surface area contributed by atoms with E-state index < -0.39 is 0 Å². The van der Waals surface area contributed by atoms with Crippen LogP contribution in [0.15, 0.2) is 231 Å². The highest BCUT2D eigenvalue weighted by atomic mass is 15.2. The minimum absolute atomic E-state index is 0.599. The average molecular weight is 774 g/mol. The Kier molecular flexibility index (Phi) is 54.1. The van der Waals surface area contributed by atoms with Crippen LogP contribution in [0.4, 0.5) is 0 Å². The van der Waals surface area contributed by atoms with E-state index in [2.05, 4.69) is 124 Å². The maximum atomic E-state index is 5.16. The summed E-state index contributed by atoms with van der Waals surface area (Å²) in [6, 6.07) is 12.0. The Morgan fingerprint density at radius 3 is 1.74 bits per heavy atom. The summed E-state index contributed by atoms with van der Waals surface area (Å²) in [7, 11) is 3.80. The molecule has 3 aliphatic rings. The van der Waals surface area contributed by atoms with E-state index >= 15 is 0 Å². The van der Waals surface area contributed by atoms with E-state index in [1.165, 1.54) is 24.0 Å². The second kappa shape index (κ2) is 52.8. The Morgan fingerprint density at radius 1 is 0.772 bits per heavy atom. The molecule has 0 radical (unpaired) electrons. The van der Waals surface area contributed by atoms with E-state index in [-0.39, 0.29) is 0 Å². The first kappa shape index (κ1) is 58.4. The fourth-order valence-corrected chi connectivity index (χ4v) is 3.63. The second-order valence-electron chi connectivity index (χ2n) is 11.9. The van der Waals surface area contributed by atoms with Gasteiger partial charge < -0.3 is 16.4 Å². The molecule has 5 nitrogen and oxygen atoms in total. The highest BCUT2D eigenvalue weighted by Crippen LogP contribution is 2.18. The van der Waals surface area contributed by atoms with Gasteiger partial charge in [-0.05, 0) is 70.6 Å². The number of allylic oxidation sites excluding steroid dienone is 22. The van der Waals surface area contributed by atoms with Crippen molar-refractivity contribution in [3.63, 3.8) is 0 Å². The third kappa shape index (κ3) is 52.8. The molecule has 0 saturated carbocycles. The van der Waals surface area contributed by atoms with Gasteiger partial charge in [0.25, 0.3) is 0 Å². The van der Waals surface area contributed by atoms with Crippen molar-refractivity contribution in [1.29, 1.82) is 0 Å². The zero-order chi connectivity index (χ0) is 43.5. The van der Waals surface area contributed by atoms with Crippen molar-refractivity contribution in [2.75, 3.05) is 33.7 Å². The van der Waals surface area contributed by atoms with Crippen molar-refractivity contribution in [1.82, 2.24) is 16.1 Å². The molecule has 0 saturated heterocycles. The zero-order valence-electron chi connectivity index (χ0n) is 36.5. The molecule has 1 aromatic carbocycles. The van der Waals surface area contributed by atoms with Gasteiger partial charge in [-0.1, -0.05) is 222 Å².